The molecule has 2 aliphatic heterocycles. The predicted molar refractivity (Wildman–Crippen MR) is 100 cm³/mol. The maximum Gasteiger partial charge on any atom is 0.289 e. The smallest absolute Gasteiger partial charge is 0.289 e. The van der Waals surface area contributed by atoms with Crippen molar-refractivity contribution in [3.8, 4) is 17.2 Å². The van der Waals surface area contributed by atoms with Crippen molar-refractivity contribution < 1.29 is 28.2 Å². The number of ether oxygens (including phenoxy) is 3. The van der Waals surface area contributed by atoms with Gasteiger partial charge in [-0.25, -0.2) is 0 Å². The molecule has 2 aromatic rings. The molecule has 1 saturated heterocycles. The Balaban J connectivity index is 1.54. The van der Waals surface area contributed by atoms with Crippen LogP contribution in [0.25, 0.3) is 0 Å². The molecule has 1 spiro atoms. The maximum atomic E-state index is 12.9. The summed E-state index contributed by atoms with van der Waals surface area (Å²) in [6, 6.07) is 6.88. The lowest BCUT2D eigenvalue weighted by molar-refractivity contribution is -0.00683. The van der Waals surface area contributed by atoms with E-state index in [1.165, 1.54) is 7.11 Å². The average molecular weight is 385 g/mol. The van der Waals surface area contributed by atoms with Gasteiger partial charge in [0.05, 0.1) is 20.6 Å². The van der Waals surface area contributed by atoms with E-state index >= 15 is 0 Å². The Morgan fingerprint density at radius 3 is 2.50 bits per heavy atom. The number of rotatable bonds is 3. The van der Waals surface area contributed by atoms with E-state index in [1.54, 1.807) is 36.3 Å². The summed E-state index contributed by atoms with van der Waals surface area (Å²) in [4.78, 5) is 27.2. The number of Topliss-reactive ketones (excluding diaryl/α,β-unsaturated/α-hetero) is 1. The monoisotopic (exact) mass is 385 g/mol. The van der Waals surface area contributed by atoms with Crippen LogP contribution in [0.3, 0.4) is 0 Å². The number of aryl methyl sites for hydroxylation is 1. The number of carbonyl (C=O) groups excluding carboxylic acids is 2. The number of hydrogen-bond donors (Lipinski definition) is 0. The van der Waals surface area contributed by atoms with Crippen molar-refractivity contribution >= 4 is 11.7 Å². The van der Waals surface area contributed by atoms with Crippen LogP contribution in [0.15, 0.2) is 28.7 Å². The Kier molecular flexibility index (Phi) is 4.53. The van der Waals surface area contributed by atoms with Crippen molar-refractivity contribution in [2.75, 3.05) is 27.3 Å². The number of fused-ring (bicyclic) bond motifs is 1. The summed E-state index contributed by atoms with van der Waals surface area (Å²) in [6.07, 6.45) is 1.41. The van der Waals surface area contributed by atoms with Gasteiger partial charge in [-0.2, -0.15) is 0 Å². The van der Waals surface area contributed by atoms with E-state index in [2.05, 4.69) is 0 Å². The van der Waals surface area contributed by atoms with Crippen molar-refractivity contribution in [2.24, 2.45) is 0 Å². The molecule has 0 atom stereocenters. The Morgan fingerprint density at radius 2 is 1.89 bits per heavy atom. The van der Waals surface area contributed by atoms with Crippen molar-refractivity contribution in [3.63, 3.8) is 0 Å². The summed E-state index contributed by atoms with van der Waals surface area (Å²) in [5.41, 5.74) is -0.157. The van der Waals surface area contributed by atoms with Gasteiger partial charge >= 0.3 is 0 Å². The minimum atomic E-state index is -0.614. The molecular weight excluding hydrogens is 362 g/mol. The van der Waals surface area contributed by atoms with Crippen LogP contribution in [0.5, 0.6) is 17.2 Å². The molecule has 0 bridgehead atoms. The summed E-state index contributed by atoms with van der Waals surface area (Å²) in [5, 5.41) is 0. The fraction of sp³-hybridized carbons (Fsp3) is 0.429. The fourth-order valence-electron chi connectivity index (χ4n) is 3.95. The standard InChI is InChI=1S/C21H23NO6/c1-13-4-5-16(27-13)20(24)22-8-6-21(7-9-22)12-15(23)19-17(26-3)10-14(25-2)11-18(19)28-21/h4-5,10-11H,6-9,12H2,1-3H3. The number of likely N-dealkylation sites (tertiary alicyclic amines) is 1. The van der Waals surface area contributed by atoms with Crippen LogP contribution < -0.4 is 14.2 Å². The van der Waals surface area contributed by atoms with Crippen molar-refractivity contribution in [1.29, 1.82) is 0 Å². The highest BCUT2D eigenvalue weighted by Crippen LogP contribution is 2.44. The fourth-order valence-corrected chi connectivity index (χ4v) is 3.95. The van der Waals surface area contributed by atoms with Crippen molar-refractivity contribution in [3.05, 3.63) is 41.3 Å². The van der Waals surface area contributed by atoms with Crippen LogP contribution >= 0.6 is 0 Å². The van der Waals surface area contributed by atoms with Gasteiger partial charge in [-0.1, -0.05) is 0 Å². The Labute approximate surface area is 163 Å². The highest BCUT2D eigenvalue weighted by molar-refractivity contribution is 6.03. The van der Waals surface area contributed by atoms with E-state index in [9.17, 15) is 9.59 Å². The van der Waals surface area contributed by atoms with Gasteiger partial charge in [-0.15, -0.1) is 0 Å². The lowest BCUT2D eigenvalue weighted by atomic mass is 9.82. The van der Waals surface area contributed by atoms with E-state index in [1.807, 2.05) is 6.92 Å². The van der Waals surface area contributed by atoms with Crippen molar-refractivity contribution in [1.82, 2.24) is 4.90 Å². The molecule has 0 radical (unpaired) electrons. The normalized spacial score (nSPS) is 17.8. The molecule has 0 aliphatic carbocycles. The topological polar surface area (TPSA) is 78.2 Å². The van der Waals surface area contributed by atoms with Crippen LogP contribution in [0.4, 0.5) is 0 Å². The molecule has 2 aliphatic rings. The molecule has 7 nitrogen and oxygen atoms in total. The third kappa shape index (κ3) is 3.10. The molecule has 1 fully saturated rings. The SMILES string of the molecule is COc1cc(OC)c2c(c1)OC1(CCN(C(=O)c3ccc(C)o3)CC1)CC2=O. The van der Waals surface area contributed by atoms with E-state index in [0.717, 1.165) is 0 Å². The summed E-state index contributed by atoms with van der Waals surface area (Å²) in [5.74, 6) is 2.41. The Morgan fingerprint density at radius 1 is 1.14 bits per heavy atom. The molecule has 3 heterocycles. The largest absolute Gasteiger partial charge is 0.496 e. The quantitative estimate of drug-likeness (QED) is 0.807. The number of carbonyl (C=O) groups is 2. The highest BCUT2D eigenvalue weighted by Gasteiger charge is 2.45. The van der Waals surface area contributed by atoms with Gasteiger partial charge in [0.1, 0.15) is 34.2 Å². The Bertz CT molecular complexity index is 923. The number of ketones is 1. The van der Waals surface area contributed by atoms with Gasteiger partial charge < -0.3 is 23.5 Å². The highest BCUT2D eigenvalue weighted by atomic mass is 16.5. The zero-order valence-electron chi connectivity index (χ0n) is 16.2. The summed E-state index contributed by atoms with van der Waals surface area (Å²) in [6.45, 7) is 2.81. The average Bonchev–Trinajstić information content (AvgIpc) is 3.13. The number of nitrogens with zero attached hydrogens (tertiary/aromatic N) is 1. The molecular formula is C21H23NO6. The van der Waals surface area contributed by atoms with Crippen LogP contribution in [0.2, 0.25) is 0 Å². The second-order valence-corrected chi connectivity index (χ2v) is 7.29. The van der Waals surface area contributed by atoms with Gasteiger partial charge in [0.2, 0.25) is 0 Å². The molecule has 0 saturated carbocycles. The molecule has 0 N–H and O–H groups in total. The number of hydrogen-bond acceptors (Lipinski definition) is 6. The summed E-state index contributed by atoms with van der Waals surface area (Å²) >= 11 is 0. The molecule has 1 aromatic heterocycles. The van der Waals surface area contributed by atoms with Gasteiger partial charge in [-0.3, -0.25) is 9.59 Å². The minimum absolute atomic E-state index is 0.0119. The van der Waals surface area contributed by atoms with Gasteiger partial charge in [0.25, 0.3) is 5.91 Å². The van der Waals surface area contributed by atoms with Gasteiger partial charge in [0.15, 0.2) is 11.5 Å². The van der Waals surface area contributed by atoms with E-state index < -0.39 is 5.60 Å². The third-order valence-corrected chi connectivity index (χ3v) is 5.50. The van der Waals surface area contributed by atoms with Crippen LogP contribution in [-0.2, 0) is 0 Å². The lowest BCUT2D eigenvalue weighted by Crippen LogP contribution is -2.52. The number of amides is 1. The first kappa shape index (κ1) is 18.4. The second-order valence-electron chi connectivity index (χ2n) is 7.29. The maximum absolute atomic E-state index is 12.9. The number of furan rings is 1. The van der Waals surface area contributed by atoms with E-state index in [0.29, 0.717) is 60.3 Å². The van der Waals surface area contributed by atoms with Gasteiger partial charge in [0, 0.05) is 38.1 Å². The number of methoxy groups -OCH3 is 2. The van der Waals surface area contributed by atoms with Gasteiger partial charge in [-0.05, 0) is 19.1 Å². The first-order chi connectivity index (χ1) is 13.4. The third-order valence-electron chi connectivity index (χ3n) is 5.50. The zero-order valence-corrected chi connectivity index (χ0v) is 16.2. The van der Waals surface area contributed by atoms with Crippen LogP contribution in [0.1, 0.15) is 45.9 Å². The molecule has 1 aromatic carbocycles. The van der Waals surface area contributed by atoms with E-state index in [-0.39, 0.29) is 18.1 Å². The number of piperidine rings is 1. The zero-order chi connectivity index (χ0) is 19.9. The lowest BCUT2D eigenvalue weighted by Gasteiger charge is -2.44. The minimum Gasteiger partial charge on any atom is -0.496 e. The molecule has 0 unspecified atom stereocenters. The van der Waals surface area contributed by atoms with Crippen LogP contribution in [0, 0.1) is 6.92 Å². The number of benzene rings is 1. The molecule has 1 amide bonds. The van der Waals surface area contributed by atoms with E-state index in [4.69, 9.17) is 18.6 Å². The van der Waals surface area contributed by atoms with Crippen LogP contribution in [-0.4, -0.2) is 49.5 Å². The molecule has 28 heavy (non-hydrogen) atoms. The second kappa shape index (κ2) is 6.89. The predicted octanol–water partition coefficient (Wildman–Crippen LogP) is 3.25. The first-order valence-electron chi connectivity index (χ1n) is 9.29. The molecule has 7 heteroatoms. The molecule has 148 valence electrons. The molecule has 4 rings (SSSR count). The summed E-state index contributed by atoms with van der Waals surface area (Å²) in [7, 11) is 3.08. The van der Waals surface area contributed by atoms with Crippen molar-refractivity contribution in [2.45, 2.75) is 31.8 Å². The summed E-state index contributed by atoms with van der Waals surface area (Å²) < 4.78 is 22.4. The Hall–Kier alpha value is -2.96. The first-order valence-corrected chi connectivity index (χ1v) is 9.29.